The van der Waals surface area contributed by atoms with Crippen molar-refractivity contribution in [1.82, 2.24) is 10.2 Å². The van der Waals surface area contributed by atoms with Crippen molar-refractivity contribution in [3.05, 3.63) is 35.4 Å². The highest BCUT2D eigenvalue weighted by Gasteiger charge is 2.35. The molecule has 1 amide bonds. The Morgan fingerprint density at radius 3 is 2.91 bits per heavy atom. The summed E-state index contributed by atoms with van der Waals surface area (Å²) in [6, 6.07) is 7.15. The fourth-order valence-corrected chi connectivity index (χ4v) is 3.84. The van der Waals surface area contributed by atoms with Gasteiger partial charge in [0.2, 0.25) is 5.91 Å². The first-order valence-corrected chi connectivity index (χ1v) is 8.76. The van der Waals surface area contributed by atoms with Crippen molar-refractivity contribution < 1.29 is 9.53 Å². The van der Waals surface area contributed by atoms with E-state index in [9.17, 15) is 4.79 Å². The molecule has 4 rings (SSSR count). The Bertz CT molecular complexity index is 614. The number of nitrogens with zero attached hydrogens (tertiary/aromatic N) is 1. The van der Waals surface area contributed by atoms with E-state index in [0.717, 1.165) is 37.2 Å². The topological polar surface area (TPSA) is 41.6 Å². The van der Waals surface area contributed by atoms with Crippen molar-refractivity contribution in [1.29, 1.82) is 0 Å². The zero-order valence-electron chi connectivity index (χ0n) is 13.5. The molecule has 4 nitrogen and oxygen atoms in total. The van der Waals surface area contributed by atoms with Gasteiger partial charge in [0.1, 0.15) is 5.75 Å². The molecule has 1 saturated carbocycles. The van der Waals surface area contributed by atoms with E-state index in [0.29, 0.717) is 12.1 Å². The Morgan fingerprint density at radius 2 is 2.09 bits per heavy atom. The Morgan fingerprint density at radius 1 is 1.26 bits per heavy atom. The molecule has 2 heterocycles. The summed E-state index contributed by atoms with van der Waals surface area (Å²) in [5, 5.41) is 3.12. The van der Waals surface area contributed by atoms with Crippen molar-refractivity contribution in [2.75, 3.05) is 19.7 Å². The number of amides is 1. The molecule has 3 aliphatic rings. The summed E-state index contributed by atoms with van der Waals surface area (Å²) in [5.74, 6) is 1.00. The summed E-state index contributed by atoms with van der Waals surface area (Å²) in [5.41, 5.74) is 2.30. The van der Waals surface area contributed by atoms with Crippen molar-refractivity contribution in [3.8, 4) is 5.75 Å². The van der Waals surface area contributed by atoms with E-state index in [1.165, 1.54) is 31.5 Å². The lowest BCUT2D eigenvalue weighted by Gasteiger charge is -2.41. The number of hydrogen-bond donors (Lipinski definition) is 1. The number of nitrogens with one attached hydrogen (secondary N) is 1. The molecule has 1 N–H and O–H groups in total. The van der Waals surface area contributed by atoms with E-state index in [-0.39, 0.29) is 5.91 Å². The van der Waals surface area contributed by atoms with Crippen LogP contribution >= 0.6 is 0 Å². The normalized spacial score (nSPS) is 26.8. The molecule has 2 fully saturated rings. The average molecular weight is 312 g/mol. The molecule has 0 unspecified atom stereocenters. The van der Waals surface area contributed by atoms with Gasteiger partial charge in [0, 0.05) is 24.6 Å². The summed E-state index contributed by atoms with van der Waals surface area (Å²) in [4.78, 5) is 14.6. The maximum absolute atomic E-state index is 12.0. The summed E-state index contributed by atoms with van der Waals surface area (Å²) in [6.45, 7) is 3.25. The predicted molar refractivity (Wildman–Crippen MR) is 90.4 cm³/mol. The predicted octanol–water partition coefficient (Wildman–Crippen LogP) is 2.38. The highest BCUT2D eigenvalue weighted by molar-refractivity contribution is 5.92. The smallest absolute Gasteiger partial charge is 0.244 e. The van der Waals surface area contributed by atoms with Gasteiger partial charge < -0.3 is 15.0 Å². The molecular weight excluding hydrogens is 288 g/mol. The van der Waals surface area contributed by atoms with Gasteiger partial charge in [-0.2, -0.15) is 0 Å². The van der Waals surface area contributed by atoms with Gasteiger partial charge in [-0.1, -0.05) is 6.07 Å². The molecule has 1 aromatic rings. The molecule has 0 aromatic heterocycles. The molecule has 1 aromatic carbocycles. The number of benzene rings is 1. The van der Waals surface area contributed by atoms with Crippen LogP contribution in [0.3, 0.4) is 0 Å². The Hall–Kier alpha value is -1.81. The van der Waals surface area contributed by atoms with Gasteiger partial charge in [-0.25, -0.2) is 0 Å². The van der Waals surface area contributed by atoms with Crippen LogP contribution in [0.2, 0.25) is 0 Å². The second-order valence-corrected chi connectivity index (χ2v) is 6.87. The molecular formula is C19H24N2O2. The lowest BCUT2D eigenvalue weighted by atomic mass is 9.85. The SMILES string of the molecule is O=C(/C=C/c1ccc2c(c1)CCO2)NC1CC(N2CCCC2)C1. The van der Waals surface area contributed by atoms with Crippen LogP contribution in [0, 0.1) is 0 Å². The molecule has 0 bridgehead atoms. The first-order chi connectivity index (χ1) is 11.3. The van der Waals surface area contributed by atoms with Crippen LogP contribution in [-0.4, -0.2) is 42.6 Å². The number of carbonyl (C=O) groups is 1. The zero-order chi connectivity index (χ0) is 15.6. The highest BCUT2D eigenvalue weighted by atomic mass is 16.5. The molecule has 0 spiro atoms. The fraction of sp³-hybridized carbons (Fsp3) is 0.526. The maximum atomic E-state index is 12.0. The van der Waals surface area contributed by atoms with Gasteiger partial charge in [0.25, 0.3) is 0 Å². The van der Waals surface area contributed by atoms with Crippen LogP contribution in [-0.2, 0) is 11.2 Å². The highest BCUT2D eigenvalue weighted by Crippen LogP contribution is 2.29. The third-order valence-electron chi connectivity index (χ3n) is 5.26. The van der Waals surface area contributed by atoms with E-state index in [2.05, 4.69) is 16.3 Å². The Labute approximate surface area is 137 Å². The van der Waals surface area contributed by atoms with Crippen LogP contribution in [0.15, 0.2) is 24.3 Å². The minimum Gasteiger partial charge on any atom is -0.493 e. The first-order valence-electron chi connectivity index (χ1n) is 8.76. The lowest BCUT2D eigenvalue weighted by Crippen LogP contribution is -2.52. The van der Waals surface area contributed by atoms with Crippen LogP contribution in [0.5, 0.6) is 5.75 Å². The molecule has 0 radical (unpaired) electrons. The third kappa shape index (κ3) is 3.27. The molecule has 122 valence electrons. The standard InChI is InChI=1S/C19H24N2O2/c22-19(20-16-12-17(13-16)21-8-1-2-9-21)6-4-14-3-5-18-15(11-14)7-10-23-18/h3-6,11,16-17H,1-2,7-10,12-13H2,(H,20,22)/b6-4+. The largest absolute Gasteiger partial charge is 0.493 e. The lowest BCUT2D eigenvalue weighted by molar-refractivity contribution is -0.118. The minimum atomic E-state index is 0.0200. The first kappa shape index (κ1) is 14.8. The van der Waals surface area contributed by atoms with Crippen molar-refractivity contribution in [2.45, 2.75) is 44.2 Å². The van der Waals surface area contributed by atoms with E-state index in [1.54, 1.807) is 6.08 Å². The van der Waals surface area contributed by atoms with E-state index >= 15 is 0 Å². The van der Waals surface area contributed by atoms with Crippen LogP contribution in [0.25, 0.3) is 6.08 Å². The number of fused-ring (bicyclic) bond motifs is 1. The number of likely N-dealkylation sites (tertiary alicyclic amines) is 1. The van der Waals surface area contributed by atoms with Crippen LogP contribution in [0.4, 0.5) is 0 Å². The number of ether oxygens (including phenoxy) is 1. The van der Waals surface area contributed by atoms with E-state index < -0.39 is 0 Å². The second kappa shape index (κ2) is 6.36. The van der Waals surface area contributed by atoms with Crippen LogP contribution in [0.1, 0.15) is 36.8 Å². The molecule has 23 heavy (non-hydrogen) atoms. The minimum absolute atomic E-state index is 0.0200. The molecule has 1 aliphatic carbocycles. The van der Waals surface area contributed by atoms with Crippen molar-refractivity contribution in [3.63, 3.8) is 0 Å². The maximum Gasteiger partial charge on any atom is 0.244 e. The number of carbonyl (C=O) groups excluding carboxylic acids is 1. The van der Waals surface area contributed by atoms with Gasteiger partial charge in [0.15, 0.2) is 0 Å². The van der Waals surface area contributed by atoms with E-state index in [1.807, 2.05) is 18.2 Å². The second-order valence-electron chi connectivity index (χ2n) is 6.87. The van der Waals surface area contributed by atoms with Crippen molar-refractivity contribution in [2.24, 2.45) is 0 Å². The monoisotopic (exact) mass is 312 g/mol. The average Bonchev–Trinajstić information content (AvgIpc) is 3.18. The van der Waals surface area contributed by atoms with E-state index in [4.69, 9.17) is 4.74 Å². The van der Waals surface area contributed by atoms with Gasteiger partial charge in [-0.3, -0.25) is 4.79 Å². The van der Waals surface area contributed by atoms with Crippen molar-refractivity contribution >= 4 is 12.0 Å². The van der Waals surface area contributed by atoms with Gasteiger partial charge >= 0.3 is 0 Å². The number of hydrogen-bond acceptors (Lipinski definition) is 3. The number of rotatable bonds is 4. The summed E-state index contributed by atoms with van der Waals surface area (Å²) in [7, 11) is 0. The Kier molecular flexibility index (Phi) is 4.08. The van der Waals surface area contributed by atoms with Gasteiger partial charge in [0.05, 0.1) is 6.61 Å². The molecule has 0 atom stereocenters. The zero-order valence-corrected chi connectivity index (χ0v) is 13.5. The van der Waals surface area contributed by atoms with Gasteiger partial charge in [-0.05, 0) is 68.1 Å². The van der Waals surface area contributed by atoms with Crippen LogP contribution < -0.4 is 10.1 Å². The van der Waals surface area contributed by atoms with Gasteiger partial charge in [-0.15, -0.1) is 0 Å². The molecule has 4 heteroatoms. The summed E-state index contributed by atoms with van der Waals surface area (Å²) >= 11 is 0. The fourth-order valence-electron chi connectivity index (χ4n) is 3.84. The Balaban J connectivity index is 1.26. The third-order valence-corrected chi connectivity index (χ3v) is 5.26. The molecule has 2 aliphatic heterocycles. The summed E-state index contributed by atoms with van der Waals surface area (Å²) < 4.78 is 5.50. The molecule has 1 saturated heterocycles. The summed E-state index contributed by atoms with van der Waals surface area (Å²) in [6.07, 6.45) is 9.39. The quantitative estimate of drug-likeness (QED) is 0.868.